The molecule has 21 heavy (non-hydrogen) atoms. The van der Waals surface area contributed by atoms with Crippen molar-refractivity contribution >= 4 is 11.8 Å². The summed E-state index contributed by atoms with van der Waals surface area (Å²) in [4.78, 5) is 25.9. The molecular weight excluding hydrogens is 268 g/mol. The Morgan fingerprint density at radius 1 is 1.38 bits per heavy atom. The minimum absolute atomic E-state index is 0.0551. The number of rotatable bonds is 5. The standard InChI is InChI=1S/C16H24N2O3/c1-12(17-15(19)14-9-6-10-21-14)16(20)18(2)11-13-7-4-3-5-8-13/h6,9-10,12-13H,3-5,7-8,11H2,1-2H3,(H,17,19). The number of nitrogens with zero attached hydrogens (tertiary/aromatic N) is 1. The monoisotopic (exact) mass is 292 g/mol. The van der Waals surface area contributed by atoms with Gasteiger partial charge in [-0.25, -0.2) is 0 Å². The van der Waals surface area contributed by atoms with Crippen molar-refractivity contribution in [3.05, 3.63) is 24.2 Å². The van der Waals surface area contributed by atoms with Crippen LogP contribution in [-0.4, -0.2) is 36.3 Å². The van der Waals surface area contributed by atoms with Crippen LogP contribution in [0.1, 0.15) is 49.6 Å². The molecule has 1 unspecified atom stereocenters. The number of likely N-dealkylation sites (N-methyl/N-ethyl adjacent to an activating group) is 1. The van der Waals surface area contributed by atoms with Crippen molar-refractivity contribution in [2.75, 3.05) is 13.6 Å². The van der Waals surface area contributed by atoms with Gasteiger partial charge in [-0.3, -0.25) is 9.59 Å². The molecule has 1 N–H and O–H groups in total. The third kappa shape index (κ3) is 4.34. The fraction of sp³-hybridized carbons (Fsp3) is 0.625. The van der Waals surface area contributed by atoms with E-state index in [-0.39, 0.29) is 17.6 Å². The highest BCUT2D eigenvalue weighted by molar-refractivity contribution is 5.95. The lowest BCUT2D eigenvalue weighted by atomic mass is 9.89. The molecule has 2 rings (SSSR count). The smallest absolute Gasteiger partial charge is 0.287 e. The average Bonchev–Trinajstić information content (AvgIpc) is 3.01. The number of hydrogen-bond donors (Lipinski definition) is 1. The Morgan fingerprint density at radius 2 is 2.10 bits per heavy atom. The summed E-state index contributed by atoms with van der Waals surface area (Å²) in [5, 5.41) is 2.68. The predicted molar refractivity (Wildman–Crippen MR) is 79.8 cm³/mol. The Hall–Kier alpha value is -1.78. The van der Waals surface area contributed by atoms with E-state index in [4.69, 9.17) is 4.42 Å². The molecule has 0 saturated heterocycles. The van der Waals surface area contributed by atoms with E-state index < -0.39 is 6.04 Å². The molecule has 1 aromatic heterocycles. The minimum Gasteiger partial charge on any atom is -0.459 e. The van der Waals surface area contributed by atoms with Crippen LogP contribution < -0.4 is 5.32 Å². The van der Waals surface area contributed by atoms with Gasteiger partial charge in [0, 0.05) is 13.6 Å². The first-order valence-electron chi connectivity index (χ1n) is 7.67. The molecule has 1 aromatic rings. The molecule has 0 radical (unpaired) electrons. The third-order valence-corrected chi connectivity index (χ3v) is 4.10. The Kier molecular flexibility index (Phi) is 5.42. The van der Waals surface area contributed by atoms with Gasteiger partial charge in [-0.1, -0.05) is 19.3 Å². The Bertz CT molecular complexity index is 464. The predicted octanol–water partition coefficient (Wildman–Crippen LogP) is 2.44. The van der Waals surface area contributed by atoms with E-state index in [0.717, 1.165) is 6.54 Å². The van der Waals surface area contributed by atoms with Gasteiger partial charge in [-0.2, -0.15) is 0 Å². The average molecular weight is 292 g/mol. The van der Waals surface area contributed by atoms with Crippen LogP contribution in [0.5, 0.6) is 0 Å². The van der Waals surface area contributed by atoms with E-state index in [1.54, 1.807) is 24.0 Å². The summed E-state index contributed by atoms with van der Waals surface area (Å²) >= 11 is 0. The largest absolute Gasteiger partial charge is 0.459 e. The first kappa shape index (κ1) is 15.6. The molecule has 1 fully saturated rings. The maximum Gasteiger partial charge on any atom is 0.287 e. The van der Waals surface area contributed by atoms with Crippen LogP contribution in [-0.2, 0) is 4.79 Å². The maximum atomic E-state index is 12.3. The van der Waals surface area contributed by atoms with Gasteiger partial charge in [0.15, 0.2) is 5.76 Å². The van der Waals surface area contributed by atoms with Crippen molar-refractivity contribution in [3.8, 4) is 0 Å². The molecule has 0 aromatic carbocycles. The highest BCUT2D eigenvalue weighted by Crippen LogP contribution is 2.24. The lowest BCUT2D eigenvalue weighted by Crippen LogP contribution is -2.46. The molecule has 1 heterocycles. The summed E-state index contributed by atoms with van der Waals surface area (Å²) in [6.07, 6.45) is 7.67. The summed E-state index contributed by atoms with van der Waals surface area (Å²) in [6.45, 7) is 2.49. The van der Waals surface area contributed by atoms with Crippen molar-refractivity contribution in [2.24, 2.45) is 5.92 Å². The fourth-order valence-corrected chi connectivity index (χ4v) is 2.91. The van der Waals surface area contributed by atoms with Crippen molar-refractivity contribution in [1.29, 1.82) is 0 Å². The van der Waals surface area contributed by atoms with E-state index in [2.05, 4.69) is 5.32 Å². The number of hydrogen-bond acceptors (Lipinski definition) is 3. The van der Waals surface area contributed by atoms with E-state index in [0.29, 0.717) is 5.92 Å². The lowest BCUT2D eigenvalue weighted by Gasteiger charge is -2.28. The number of amides is 2. The number of nitrogens with one attached hydrogen (secondary N) is 1. The van der Waals surface area contributed by atoms with Crippen LogP contribution in [0.4, 0.5) is 0 Å². The summed E-state index contributed by atoms with van der Waals surface area (Å²) in [7, 11) is 1.81. The normalized spacial score (nSPS) is 17.2. The topological polar surface area (TPSA) is 62.6 Å². The molecule has 1 aliphatic carbocycles. The molecule has 2 amide bonds. The molecule has 0 bridgehead atoms. The van der Waals surface area contributed by atoms with Crippen molar-refractivity contribution in [1.82, 2.24) is 10.2 Å². The lowest BCUT2D eigenvalue weighted by molar-refractivity contribution is -0.132. The van der Waals surface area contributed by atoms with Gasteiger partial charge >= 0.3 is 0 Å². The highest BCUT2D eigenvalue weighted by Gasteiger charge is 2.23. The van der Waals surface area contributed by atoms with Gasteiger partial charge in [0.1, 0.15) is 6.04 Å². The van der Waals surface area contributed by atoms with Crippen LogP contribution in [0, 0.1) is 5.92 Å². The van der Waals surface area contributed by atoms with E-state index in [1.165, 1.54) is 38.4 Å². The van der Waals surface area contributed by atoms with Gasteiger partial charge in [0.05, 0.1) is 6.26 Å². The molecule has 5 nitrogen and oxygen atoms in total. The molecule has 1 aliphatic rings. The van der Waals surface area contributed by atoms with Gasteiger partial charge in [0.25, 0.3) is 5.91 Å². The number of furan rings is 1. The van der Waals surface area contributed by atoms with Crippen LogP contribution in [0.25, 0.3) is 0 Å². The van der Waals surface area contributed by atoms with E-state index in [1.807, 2.05) is 7.05 Å². The molecule has 0 aliphatic heterocycles. The van der Waals surface area contributed by atoms with Crippen LogP contribution in [0.3, 0.4) is 0 Å². The van der Waals surface area contributed by atoms with Gasteiger partial charge in [0.2, 0.25) is 5.91 Å². The second-order valence-electron chi connectivity index (χ2n) is 5.90. The van der Waals surface area contributed by atoms with Crippen LogP contribution in [0.15, 0.2) is 22.8 Å². The number of carbonyl (C=O) groups excluding carboxylic acids is 2. The van der Waals surface area contributed by atoms with E-state index >= 15 is 0 Å². The zero-order valence-electron chi connectivity index (χ0n) is 12.8. The third-order valence-electron chi connectivity index (χ3n) is 4.10. The summed E-state index contributed by atoms with van der Waals surface area (Å²) < 4.78 is 5.02. The van der Waals surface area contributed by atoms with Crippen molar-refractivity contribution in [3.63, 3.8) is 0 Å². The maximum absolute atomic E-state index is 12.3. The van der Waals surface area contributed by atoms with Gasteiger partial charge < -0.3 is 14.6 Å². The number of carbonyl (C=O) groups is 2. The first-order valence-corrected chi connectivity index (χ1v) is 7.67. The van der Waals surface area contributed by atoms with Crippen LogP contribution >= 0.6 is 0 Å². The quantitative estimate of drug-likeness (QED) is 0.906. The Balaban J connectivity index is 1.81. The minimum atomic E-state index is -0.545. The highest BCUT2D eigenvalue weighted by atomic mass is 16.3. The van der Waals surface area contributed by atoms with Crippen molar-refractivity contribution in [2.45, 2.75) is 45.1 Å². The Morgan fingerprint density at radius 3 is 2.71 bits per heavy atom. The second kappa shape index (κ2) is 7.29. The molecule has 1 atom stereocenters. The summed E-state index contributed by atoms with van der Waals surface area (Å²) in [5.74, 6) is 0.414. The molecular formula is C16H24N2O3. The molecule has 116 valence electrons. The fourth-order valence-electron chi connectivity index (χ4n) is 2.91. The zero-order chi connectivity index (χ0) is 15.2. The Labute approximate surface area is 125 Å². The molecule has 0 spiro atoms. The molecule has 1 saturated carbocycles. The van der Waals surface area contributed by atoms with Crippen LogP contribution in [0.2, 0.25) is 0 Å². The van der Waals surface area contributed by atoms with Gasteiger partial charge in [-0.05, 0) is 37.8 Å². The van der Waals surface area contributed by atoms with E-state index in [9.17, 15) is 9.59 Å². The SMILES string of the molecule is CC(NC(=O)c1ccco1)C(=O)N(C)CC1CCCCC1. The second-order valence-corrected chi connectivity index (χ2v) is 5.90. The van der Waals surface area contributed by atoms with Gasteiger partial charge in [-0.15, -0.1) is 0 Å². The zero-order valence-corrected chi connectivity index (χ0v) is 12.8. The summed E-state index contributed by atoms with van der Waals surface area (Å²) in [5.41, 5.74) is 0. The molecule has 5 heteroatoms. The van der Waals surface area contributed by atoms with Crippen molar-refractivity contribution < 1.29 is 14.0 Å². The first-order chi connectivity index (χ1) is 10.1. The summed E-state index contributed by atoms with van der Waals surface area (Å²) in [6, 6.07) is 2.69.